The molecular formula is C17H22Cl2N2O. The van der Waals surface area contributed by atoms with E-state index >= 15 is 0 Å². The summed E-state index contributed by atoms with van der Waals surface area (Å²) >= 11 is 12.3. The highest BCUT2D eigenvalue weighted by Gasteiger charge is 2.45. The number of nitrogens with zero attached hydrogens (tertiary/aromatic N) is 2. The van der Waals surface area contributed by atoms with Gasteiger partial charge in [0, 0.05) is 18.3 Å². The molecule has 0 saturated carbocycles. The lowest BCUT2D eigenvalue weighted by Crippen LogP contribution is -2.45. The van der Waals surface area contributed by atoms with Gasteiger partial charge in [0.25, 0.3) is 0 Å². The SMILES string of the molecule is CO/N=C/C[C@H]1C2CCC(C[C@@H]1c1ccc(Cl)c(Cl)c1)N2C. The van der Waals surface area contributed by atoms with Crippen LogP contribution in [0.5, 0.6) is 0 Å². The molecule has 2 aliphatic rings. The highest BCUT2D eigenvalue weighted by atomic mass is 35.5. The van der Waals surface area contributed by atoms with Crippen LogP contribution in [0.3, 0.4) is 0 Å². The molecule has 0 radical (unpaired) electrons. The Morgan fingerprint density at radius 3 is 2.86 bits per heavy atom. The third-order valence-corrected chi connectivity index (χ3v) is 6.10. The minimum Gasteiger partial charge on any atom is -0.399 e. The average Bonchev–Trinajstić information content (AvgIpc) is 2.75. The van der Waals surface area contributed by atoms with Gasteiger partial charge in [0.15, 0.2) is 0 Å². The molecule has 120 valence electrons. The second-order valence-corrected chi connectivity index (χ2v) is 7.16. The molecule has 0 aromatic heterocycles. The molecular weight excluding hydrogens is 319 g/mol. The molecule has 3 nitrogen and oxygen atoms in total. The lowest BCUT2D eigenvalue weighted by atomic mass is 9.75. The topological polar surface area (TPSA) is 24.8 Å². The maximum absolute atomic E-state index is 6.24. The van der Waals surface area contributed by atoms with Gasteiger partial charge in [-0.05, 0) is 62.3 Å². The fraction of sp³-hybridized carbons (Fsp3) is 0.588. The van der Waals surface area contributed by atoms with Crippen molar-refractivity contribution in [2.24, 2.45) is 11.1 Å². The molecule has 22 heavy (non-hydrogen) atoms. The number of halogens is 2. The first-order valence-corrected chi connectivity index (χ1v) is 8.59. The largest absolute Gasteiger partial charge is 0.399 e. The van der Waals surface area contributed by atoms with Crippen molar-refractivity contribution in [3.05, 3.63) is 33.8 Å². The van der Waals surface area contributed by atoms with E-state index in [1.54, 1.807) is 7.11 Å². The number of benzene rings is 1. The van der Waals surface area contributed by atoms with Crippen LogP contribution in [0.1, 0.15) is 37.2 Å². The van der Waals surface area contributed by atoms with E-state index in [0.29, 0.717) is 34.0 Å². The van der Waals surface area contributed by atoms with Gasteiger partial charge < -0.3 is 9.74 Å². The molecule has 3 rings (SSSR count). The number of hydrogen-bond acceptors (Lipinski definition) is 3. The predicted octanol–water partition coefficient (Wildman–Crippen LogP) is 4.58. The summed E-state index contributed by atoms with van der Waals surface area (Å²) in [4.78, 5) is 7.39. The minimum absolute atomic E-state index is 0.506. The van der Waals surface area contributed by atoms with Gasteiger partial charge in [-0.2, -0.15) is 0 Å². The van der Waals surface area contributed by atoms with Gasteiger partial charge in [0.1, 0.15) is 7.11 Å². The summed E-state index contributed by atoms with van der Waals surface area (Å²) in [6, 6.07) is 7.38. The lowest BCUT2D eigenvalue weighted by Gasteiger charge is -2.43. The monoisotopic (exact) mass is 340 g/mol. The second-order valence-electron chi connectivity index (χ2n) is 6.35. The average molecular weight is 341 g/mol. The molecule has 2 saturated heterocycles. The van der Waals surface area contributed by atoms with Gasteiger partial charge in [0.2, 0.25) is 0 Å². The normalized spacial score (nSPS) is 31.8. The van der Waals surface area contributed by atoms with Crippen LogP contribution in [0.4, 0.5) is 0 Å². The molecule has 2 aliphatic heterocycles. The van der Waals surface area contributed by atoms with Crippen molar-refractivity contribution in [3.63, 3.8) is 0 Å². The number of fused-ring (bicyclic) bond motifs is 2. The first-order chi connectivity index (χ1) is 10.6. The van der Waals surface area contributed by atoms with Crippen LogP contribution < -0.4 is 0 Å². The van der Waals surface area contributed by atoms with Crippen LogP contribution in [0.25, 0.3) is 0 Å². The van der Waals surface area contributed by atoms with Crippen molar-refractivity contribution in [3.8, 4) is 0 Å². The quantitative estimate of drug-likeness (QED) is 0.591. The molecule has 0 amide bonds. The Morgan fingerprint density at radius 1 is 1.32 bits per heavy atom. The van der Waals surface area contributed by atoms with Crippen LogP contribution in [0, 0.1) is 5.92 Å². The molecule has 1 aromatic carbocycles. The summed E-state index contributed by atoms with van der Waals surface area (Å²) in [5.41, 5.74) is 1.30. The van der Waals surface area contributed by atoms with Gasteiger partial charge in [-0.25, -0.2) is 0 Å². The van der Waals surface area contributed by atoms with Crippen LogP contribution in [-0.2, 0) is 4.84 Å². The van der Waals surface area contributed by atoms with E-state index in [-0.39, 0.29) is 0 Å². The zero-order valence-electron chi connectivity index (χ0n) is 13.0. The molecule has 2 unspecified atom stereocenters. The van der Waals surface area contributed by atoms with Gasteiger partial charge in [-0.1, -0.05) is 34.4 Å². The maximum atomic E-state index is 6.24. The molecule has 0 N–H and O–H groups in total. The Morgan fingerprint density at radius 2 is 2.14 bits per heavy atom. The van der Waals surface area contributed by atoms with Crippen molar-refractivity contribution in [2.45, 2.75) is 43.7 Å². The van der Waals surface area contributed by atoms with Crippen molar-refractivity contribution in [2.75, 3.05) is 14.2 Å². The predicted molar refractivity (Wildman–Crippen MR) is 92.0 cm³/mol. The Kier molecular flexibility index (Phi) is 4.96. The van der Waals surface area contributed by atoms with Gasteiger partial charge >= 0.3 is 0 Å². The molecule has 2 fully saturated rings. The molecule has 2 bridgehead atoms. The van der Waals surface area contributed by atoms with Crippen LogP contribution in [0.2, 0.25) is 10.0 Å². The van der Waals surface area contributed by atoms with Gasteiger partial charge in [-0.15, -0.1) is 0 Å². The fourth-order valence-corrected chi connectivity index (χ4v) is 4.57. The Hall–Kier alpha value is -0.770. The van der Waals surface area contributed by atoms with E-state index < -0.39 is 0 Å². The number of oxime groups is 1. The number of rotatable bonds is 4. The maximum Gasteiger partial charge on any atom is 0.106 e. The summed E-state index contributed by atoms with van der Waals surface area (Å²) in [5, 5.41) is 5.21. The molecule has 0 aliphatic carbocycles. The lowest BCUT2D eigenvalue weighted by molar-refractivity contribution is 0.103. The van der Waals surface area contributed by atoms with Crippen LogP contribution >= 0.6 is 23.2 Å². The zero-order chi connectivity index (χ0) is 15.7. The van der Waals surface area contributed by atoms with Crippen molar-refractivity contribution < 1.29 is 4.84 Å². The highest BCUT2D eigenvalue weighted by molar-refractivity contribution is 6.42. The van der Waals surface area contributed by atoms with Crippen LogP contribution in [0.15, 0.2) is 23.4 Å². The molecule has 0 spiro atoms. The Bertz CT molecular complexity index is 564. The van der Waals surface area contributed by atoms with Gasteiger partial charge in [0.05, 0.1) is 10.0 Å². The van der Waals surface area contributed by atoms with E-state index in [1.165, 1.54) is 24.8 Å². The molecule has 1 aromatic rings. The number of hydrogen-bond donors (Lipinski definition) is 0. The Labute approximate surface area is 142 Å². The summed E-state index contributed by atoms with van der Waals surface area (Å²) in [7, 11) is 3.85. The number of piperidine rings is 1. The molecule has 2 heterocycles. The fourth-order valence-electron chi connectivity index (χ4n) is 4.26. The van der Waals surface area contributed by atoms with E-state index in [4.69, 9.17) is 28.0 Å². The van der Waals surface area contributed by atoms with Crippen molar-refractivity contribution in [1.82, 2.24) is 4.90 Å². The smallest absolute Gasteiger partial charge is 0.106 e. The standard InChI is InChI=1S/C17H22Cl2N2O/c1-21-12-4-6-17(21)13(7-8-20-22-2)14(10-12)11-3-5-15(18)16(19)9-11/h3,5,8-9,12-14,17H,4,6-7,10H2,1-2H3/b20-8+/t12?,13-,14-,17?/m1/s1. The van der Waals surface area contributed by atoms with E-state index in [2.05, 4.69) is 23.2 Å². The Balaban J connectivity index is 1.89. The van der Waals surface area contributed by atoms with E-state index in [0.717, 1.165) is 6.42 Å². The van der Waals surface area contributed by atoms with Crippen molar-refractivity contribution >= 4 is 29.4 Å². The van der Waals surface area contributed by atoms with E-state index in [1.807, 2.05) is 18.3 Å². The van der Waals surface area contributed by atoms with Gasteiger partial charge in [-0.3, -0.25) is 0 Å². The third kappa shape index (κ3) is 2.99. The second kappa shape index (κ2) is 6.77. The first kappa shape index (κ1) is 16.1. The first-order valence-electron chi connectivity index (χ1n) is 7.83. The summed E-state index contributed by atoms with van der Waals surface area (Å²) < 4.78 is 0. The molecule has 5 heteroatoms. The summed E-state index contributed by atoms with van der Waals surface area (Å²) in [6.07, 6.45) is 6.57. The highest BCUT2D eigenvalue weighted by Crippen LogP contribution is 2.47. The minimum atomic E-state index is 0.506. The summed E-state index contributed by atoms with van der Waals surface area (Å²) in [6.45, 7) is 0. The third-order valence-electron chi connectivity index (χ3n) is 5.36. The molecule has 4 atom stereocenters. The van der Waals surface area contributed by atoms with Crippen molar-refractivity contribution in [1.29, 1.82) is 0 Å². The zero-order valence-corrected chi connectivity index (χ0v) is 14.5. The summed E-state index contributed by atoms with van der Waals surface area (Å²) in [5.74, 6) is 1.05. The van der Waals surface area contributed by atoms with Crippen LogP contribution in [-0.4, -0.2) is 37.4 Å². The van der Waals surface area contributed by atoms with E-state index in [9.17, 15) is 0 Å².